The summed E-state index contributed by atoms with van der Waals surface area (Å²) < 4.78 is 0. The Morgan fingerprint density at radius 3 is 2.81 bits per heavy atom. The van der Waals surface area contributed by atoms with Crippen LogP contribution in [0.5, 0.6) is 0 Å². The Morgan fingerprint density at radius 1 is 1.56 bits per heavy atom. The van der Waals surface area contributed by atoms with Gasteiger partial charge < -0.3 is 15.1 Å². The van der Waals surface area contributed by atoms with E-state index in [0.29, 0.717) is 0 Å². The van der Waals surface area contributed by atoms with Gasteiger partial charge in [-0.25, -0.2) is 4.79 Å². The van der Waals surface area contributed by atoms with E-state index in [9.17, 15) is 14.7 Å². The van der Waals surface area contributed by atoms with Crippen LogP contribution in [0.2, 0.25) is 0 Å². The highest BCUT2D eigenvalue weighted by Gasteiger charge is 2.38. The van der Waals surface area contributed by atoms with Crippen LogP contribution in [-0.4, -0.2) is 57.2 Å². The zero-order chi connectivity index (χ0) is 12.1. The molecule has 2 atom stereocenters. The molecule has 0 aromatic rings. The van der Waals surface area contributed by atoms with Crippen LogP contribution in [0.1, 0.15) is 6.42 Å². The summed E-state index contributed by atoms with van der Waals surface area (Å²) in [6.07, 6.45) is -0.699. The minimum absolute atomic E-state index is 0.0584. The number of β-amino-alcohol motifs (C(OH)–C–C–N with tert-alkyl or cyclic N) is 1. The number of carbonyl (C=O) groups excluding carboxylic acids is 1. The van der Waals surface area contributed by atoms with Gasteiger partial charge in [-0.05, 0) is 0 Å². The van der Waals surface area contributed by atoms with Crippen molar-refractivity contribution in [3.8, 4) is 6.07 Å². The number of aliphatic hydroxyl groups excluding tert-OH is 1. The van der Waals surface area contributed by atoms with Crippen LogP contribution >= 0.6 is 11.8 Å². The van der Waals surface area contributed by atoms with Crippen LogP contribution in [-0.2, 0) is 9.59 Å². The molecule has 0 bridgehead atoms. The molecule has 16 heavy (non-hydrogen) atoms. The Bertz CT molecular complexity index is 328. The molecule has 0 aromatic heterocycles. The maximum atomic E-state index is 11.6. The molecule has 1 amide bonds. The molecular weight excluding hydrogens is 232 g/mol. The van der Waals surface area contributed by atoms with Crippen LogP contribution in [0, 0.1) is 11.3 Å². The first-order valence-electron chi connectivity index (χ1n) is 4.71. The summed E-state index contributed by atoms with van der Waals surface area (Å²) in [6.45, 7) is 0.0584. The standard InChI is InChI=1S/C9H12N2O4S/c10-1-2-16-5-8(13)11-4-6(12)3-7(11)9(14)15/h6-7,12H,2-5H2,(H,14,15). The molecule has 0 saturated carbocycles. The highest BCUT2D eigenvalue weighted by atomic mass is 32.2. The Balaban J connectivity index is 2.54. The molecule has 7 heteroatoms. The molecule has 1 heterocycles. The molecule has 1 aliphatic heterocycles. The van der Waals surface area contributed by atoms with Crippen molar-refractivity contribution in [3.05, 3.63) is 0 Å². The molecule has 2 unspecified atom stereocenters. The van der Waals surface area contributed by atoms with Crippen molar-refractivity contribution in [2.24, 2.45) is 0 Å². The minimum atomic E-state index is -1.10. The van der Waals surface area contributed by atoms with Gasteiger partial charge in [-0.1, -0.05) is 0 Å². The van der Waals surface area contributed by atoms with Crippen LogP contribution < -0.4 is 0 Å². The third-order valence-electron chi connectivity index (χ3n) is 2.28. The van der Waals surface area contributed by atoms with Crippen LogP contribution in [0.3, 0.4) is 0 Å². The summed E-state index contributed by atoms with van der Waals surface area (Å²) >= 11 is 1.14. The van der Waals surface area contributed by atoms with Crippen molar-refractivity contribution < 1.29 is 19.8 Å². The first-order valence-corrected chi connectivity index (χ1v) is 5.86. The summed E-state index contributed by atoms with van der Waals surface area (Å²) in [6, 6.07) is 0.943. The number of hydrogen-bond donors (Lipinski definition) is 2. The minimum Gasteiger partial charge on any atom is -0.480 e. The van der Waals surface area contributed by atoms with Gasteiger partial charge in [0, 0.05) is 13.0 Å². The van der Waals surface area contributed by atoms with E-state index in [0.717, 1.165) is 16.7 Å². The van der Waals surface area contributed by atoms with Gasteiger partial charge >= 0.3 is 5.97 Å². The SMILES string of the molecule is N#CCSCC(=O)N1CC(O)CC1C(=O)O. The van der Waals surface area contributed by atoms with E-state index in [1.54, 1.807) is 0 Å². The summed E-state index contributed by atoms with van der Waals surface area (Å²) in [5, 5.41) is 26.5. The number of likely N-dealkylation sites (tertiary alicyclic amines) is 1. The number of carboxylic acids is 1. The van der Waals surface area contributed by atoms with Gasteiger partial charge in [-0.2, -0.15) is 5.26 Å². The Hall–Kier alpha value is -1.26. The van der Waals surface area contributed by atoms with E-state index in [2.05, 4.69) is 0 Å². The fourth-order valence-corrected chi connectivity index (χ4v) is 2.12. The van der Waals surface area contributed by atoms with Gasteiger partial charge in [-0.3, -0.25) is 4.79 Å². The lowest BCUT2D eigenvalue weighted by Crippen LogP contribution is -2.41. The monoisotopic (exact) mass is 244 g/mol. The third kappa shape index (κ3) is 3.12. The smallest absolute Gasteiger partial charge is 0.326 e. The summed E-state index contributed by atoms with van der Waals surface area (Å²) in [4.78, 5) is 23.6. The summed E-state index contributed by atoms with van der Waals surface area (Å²) in [7, 11) is 0. The van der Waals surface area contributed by atoms with Gasteiger partial charge in [0.1, 0.15) is 6.04 Å². The average molecular weight is 244 g/mol. The van der Waals surface area contributed by atoms with E-state index in [1.165, 1.54) is 0 Å². The number of rotatable bonds is 4. The van der Waals surface area contributed by atoms with Crippen LogP contribution in [0.4, 0.5) is 0 Å². The quantitative estimate of drug-likeness (QED) is 0.633. The van der Waals surface area contributed by atoms with E-state index < -0.39 is 18.1 Å². The number of carboxylic acid groups (broad SMARTS) is 1. The van der Waals surface area contributed by atoms with Gasteiger partial charge in [0.05, 0.1) is 23.7 Å². The molecule has 88 valence electrons. The van der Waals surface area contributed by atoms with E-state index in [1.807, 2.05) is 6.07 Å². The molecular formula is C9H12N2O4S. The highest BCUT2D eigenvalue weighted by Crippen LogP contribution is 2.19. The van der Waals surface area contributed by atoms with Crippen molar-refractivity contribution in [3.63, 3.8) is 0 Å². The molecule has 1 aliphatic rings. The summed E-state index contributed by atoms with van der Waals surface area (Å²) in [5.41, 5.74) is 0. The third-order valence-corrected chi connectivity index (χ3v) is 3.06. The number of nitriles is 1. The predicted molar refractivity (Wildman–Crippen MR) is 56.7 cm³/mol. The zero-order valence-corrected chi connectivity index (χ0v) is 9.31. The fourth-order valence-electron chi connectivity index (χ4n) is 1.59. The number of amides is 1. The van der Waals surface area contributed by atoms with Gasteiger partial charge in [0.25, 0.3) is 0 Å². The Morgan fingerprint density at radius 2 is 2.25 bits per heavy atom. The normalized spacial score (nSPS) is 24.1. The van der Waals surface area contributed by atoms with Crippen molar-refractivity contribution >= 4 is 23.6 Å². The number of aliphatic carboxylic acids is 1. The number of aliphatic hydroxyl groups is 1. The molecule has 1 rings (SSSR count). The predicted octanol–water partition coefficient (Wildman–Crippen LogP) is -0.710. The van der Waals surface area contributed by atoms with Gasteiger partial charge in [-0.15, -0.1) is 11.8 Å². The second kappa shape index (κ2) is 5.72. The maximum absolute atomic E-state index is 11.6. The van der Waals surface area contributed by atoms with Crippen LogP contribution in [0.25, 0.3) is 0 Å². The van der Waals surface area contributed by atoms with E-state index >= 15 is 0 Å². The fraction of sp³-hybridized carbons (Fsp3) is 0.667. The van der Waals surface area contributed by atoms with Crippen molar-refractivity contribution in [1.82, 2.24) is 4.90 Å². The number of thioether (sulfide) groups is 1. The Labute approximate surface area is 96.8 Å². The molecule has 1 saturated heterocycles. The topological polar surface area (TPSA) is 102 Å². The first-order chi connectivity index (χ1) is 7.56. The molecule has 6 nitrogen and oxygen atoms in total. The first kappa shape index (κ1) is 12.8. The van der Waals surface area contributed by atoms with Gasteiger partial charge in [0.15, 0.2) is 0 Å². The lowest BCUT2D eigenvalue weighted by molar-refractivity contribution is -0.147. The van der Waals surface area contributed by atoms with Gasteiger partial charge in [0.2, 0.25) is 5.91 Å². The maximum Gasteiger partial charge on any atom is 0.326 e. The molecule has 2 N–H and O–H groups in total. The lowest BCUT2D eigenvalue weighted by Gasteiger charge is -2.20. The summed E-state index contributed by atoms with van der Waals surface area (Å²) in [5.74, 6) is -1.18. The lowest BCUT2D eigenvalue weighted by atomic mass is 10.2. The highest BCUT2D eigenvalue weighted by molar-refractivity contribution is 8.00. The second-order valence-electron chi connectivity index (χ2n) is 3.44. The molecule has 0 radical (unpaired) electrons. The van der Waals surface area contributed by atoms with Crippen LogP contribution in [0.15, 0.2) is 0 Å². The van der Waals surface area contributed by atoms with Crippen molar-refractivity contribution in [2.75, 3.05) is 18.1 Å². The second-order valence-corrected chi connectivity index (χ2v) is 4.43. The molecule has 0 aliphatic carbocycles. The number of nitrogens with zero attached hydrogens (tertiary/aromatic N) is 2. The Kier molecular flexibility index (Phi) is 4.58. The average Bonchev–Trinajstić information content (AvgIpc) is 2.61. The number of carbonyl (C=O) groups is 2. The van der Waals surface area contributed by atoms with E-state index in [4.69, 9.17) is 10.4 Å². The molecule has 0 aromatic carbocycles. The molecule has 1 fully saturated rings. The number of hydrogen-bond acceptors (Lipinski definition) is 5. The zero-order valence-electron chi connectivity index (χ0n) is 8.50. The van der Waals surface area contributed by atoms with Crippen molar-refractivity contribution in [1.29, 1.82) is 5.26 Å². The van der Waals surface area contributed by atoms with E-state index in [-0.39, 0.29) is 30.4 Å². The molecule has 0 spiro atoms. The largest absolute Gasteiger partial charge is 0.480 e. The van der Waals surface area contributed by atoms with Crippen molar-refractivity contribution in [2.45, 2.75) is 18.6 Å².